The predicted octanol–water partition coefficient (Wildman–Crippen LogP) is 2.12. The highest BCUT2D eigenvalue weighted by atomic mass is 35.5. The number of halogens is 1. The lowest BCUT2D eigenvalue weighted by molar-refractivity contribution is -0.123. The van der Waals surface area contributed by atoms with Crippen molar-refractivity contribution in [2.45, 2.75) is 10.8 Å². The molecule has 0 radical (unpaired) electrons. The number of benzene rings is 1. The average Bonchev–Trinajstić information content (AvgIpc) is 3.16. The molecule has 7 nitrogen and oxygen atoms in total. The van der Waals surface area contributed by atoms with Gasteiger partial charge in [0.2, 0.25) is 0 Å². The SMILES string of the molecule is O=C(COc1ccc(Cl)cc1)NCc1ccc(S(=O)(=O)N2CCOCC2)s1. The van der Waals surface area contributed by atoms with Crippen LogP contribution in [0.4, 0.5) is 0 Å². The number of nitrogens with zero attached hydrogens (tertiary/aromatic N) is 1. The fourth-order valence-corrected chi connectivity index (χ4v) is 5.41. The van der Waals surface area contributed by atoms with E-state index in [0.717, 1.165) is 16.2 Å². The summed E-state index contributed by atoms with van der Waals surface area (Å²) in [5.74, 6) is 0.250. The van der Waals surface area contributed by atoms with Crippen LogP contribution in [0.5, 0.6) is 5.75 Å². The molecule has 0 unspecified atom stereocenters. The van der Waals surface area contributed by atoms with Crippen molar-refractivity contribution in [2.75, 3.05) is 32.9 Å². The summed E-state index contributed by atoms with van der Waals surface area (Å²) in [4.78, 5) is 12.7. The monoisotopic (exact) mass is 430 g/mol. The van der Waals surface area contributed by atoms with E-state index in [9.17, 15) is 13.2 Å². The minimum Gasteiger partial charge on any atom is -0.484 e. The molecule has 2 heterocycles. The summed E-state index contributed by atoms with van der Waals surface area (Å²) in [7, 11) is -3.51. The quantitative estimate of drug-likeness (QED) is 0.727. The highest BCUT2D eigenvalue weighted by molar-refractivity contribution is 7.91. The maximum Gasteiger partial charge on any atom is 0.258 e. The van der Waals surface area contributed by atoms with Crippen LogP contribution in [0.1, 0.15) is 4.88 Å². The number of hydrogen-bond acceptors (Lipinski definition) is 6. The average molecular weight is 431 g/mol. The molecule has 0 atom stereocenters. The summed E-state index contributed by atoms with van der Waals surface area (Å²) in [6.07, 6.45) is 0. The maximum absolute atomic E-state index is 12.6. The number of hydrogen-bond donors (Lipinski definition) is 1. The number of carbonyl (C=O) groups excluding carboxylic acids is 1. The zero-order valence-corrected chi connectivity index (χ0v) is 16.8. The number of sulfonamides is 1. The van der Waals surface area contributed by atoms with E-state index in [0.29, 0.717) is 37.1 Å². The van der Waals surface area contributed by atoms with Gasteiger partial charge in [-0.15, -0.1) is 11.3 Å². The van der Waals surface area contributed by atoms with Gasteiger partial charge < -0.3 is 14.8 Å². The van der Waals surface area contributed by atoms with Crippen molar-refractivity contribution < 1.29 is 22.7 Å². The van der Waals surface area contributed by atoms with Gasteiger partial charge in [-0.3, -0.25) is 4.79 Å². The van der Waals surface area contributed by atoms with E-state index < -0.39 is 10.0 Å². The lowest BCUT2D eigenvalue weighted by atomic mass is 10.3. The van der Waals surface area contributed by atoms with E-state index in [-0.39, 0.29) is 23.3 Å². The molecule has 27 heavy (non-hydrogen) atoms. The molecule has 1 aliphatic heterocycles. The molecule has 2 aromatic rings. The van der Waals surface area contributed by atoms with Crippen molar-refractivity contribution in [1.29, 1.82) is 0 Å². The van der Waals surface area contributed by atoms with Crippen LogP contribution >= 0.6 is 22.9 Å². The van der Waals surface area contributed by atoms with E-state index in [2.05, 4.69) is 5.32 Å². The van der Waals surface area contributed by atoms with E-state index in [1.807, 2.05) is 0 Å². The molecule has 0 saturated carbocycles. The number of thiophene rings is 1. The summed E-state index contributed by atoms with van der Waals surface area (Å²) in [5.41, 5.74) is 0. The lowest BCUT2D eigenvalue weighted by Gasteiger charge is -2.25. The lowest BCUT2D eigenvalue weighted by Crippen LogP contribution is -2.40. The number of ether oxygens (including phenoxy) is 2. The van der Waals surface area contributed by atoms with Crippen molar-refractivity contribution in [3.05, 3.63) is 46.3 Å². The molecule has 0 aliphatic carbocycles. The van der Waals surface area contributed by atoms with Gasteiger partial charge in [-0.25, -0.2) is 8.42 Å². The first kappa shape index (κ1) is 20.1. The minimum atomic E-state index is -3.51. The van der Waals surface area contributed by atoms with Crippen molar-refractivity contribution in [2.24, 2.45) is 0 Å². The Labute approximate surface area is 166 Å². The molecule has 1 aromatic carbocycles. The zero-order valence-electron chi connectivity index (χ0n) is 14.4. The molecule has 1 N–H and O–H groups in total. The second-order valence-electron chi connectivity index (χ2n) is 5.76. The summed E-state index contributed by atoms with van der Waals surface area (Å²) in [5, 5.41) is 3.31. The second kappa shape index (κ2) is 9.03. The summed E-state index contributed by atoms with van der Waals surface area (Å²) in [6, 6.07) is 9.99. The molecule has 0 bridgehead atoms. The Hall–Kier alpha value is -1.65. The van der Waals surface area contributed by atoms with Gasteiger partial charge in [-0.2, -0.15) is 4.31 Å². The number of morpholine rings is 1. The third-order valence-corrected chi connectivity index (χ3v) is 7.55. The molecule has 0 spiro atoms. The second-order valence-corrected chi connectivity index (χ2v) is 9.53. The van der Waals surface area contributed by atoms with Crippen LogP contribution in [-0.2, 0) is 26.1 Å². The molecule has 1 aromatic heterocycles. The largest absolute Gasteiger partial charge is 0.484 e. The highest BCUT2D eigenvalue weighted by Crippen LogP contribution is 2.25. The fraction of sp³-hybridized carbons (Fsp3) is 0.353. The fourth-order valence-electron chi connectivity index (χ4n) is 2.42. The van der Waals surface area contributed by atoms with Crippen molar-refractivity contribution in [3.63, 3.8) is 0 Å². The van der Waals surface area contributed by atoms with Crippen LogP contribution in [0, 0.1) is 0 Å². The van der Waals surface area contributed by atoms with Crippen LogP contribution in [0.3, 0.4) is 0 Å². The van der Waals surface area contributed by atoms with Crippen LogP contribution in [0.2, 0.25) is 5.02 Å². The summed E-state index contributed by atoms with van der Waals surface area (Å²) in [6.45, 7) is 1.63. The minimum absolute atomic E-state index is 0.133. The van der Waals surface area contributed by atoms with Gasteiger partial charge in [0.1, 0.15) is 9.96 Å². The Kier molecular flexibility index (Phi) is 6.72. The number of carbonyl (C=O) groups is 1. The third kappa shape index (κ3) is 5.43. The molecule has 1 amide bonds. The first-order valence-electron chi connectivity index (χ1n) is 8.27. The summed E-state index contributed by atoms with van der Waals surface area (Å²) >= 11 is 6.94. The van der Waals surface area contributed by atoms with Gasteiger partial charge in [0.15, 0.2) is 6.61 Å². The predicted molar refractivity (Wildman–Crippen MR) is 103 cm³/mol. The number of rotatable bonds is 7. The van der Waals surface area contributed by atoms with Crippen molar-refractivity contribution in [1.82, 2.24) is 9.62 Å². The van der Waals surface area contributed by atoms with E-state index in [1.165, 1.54) is 4.31 Å². The van der Waals surface area contributed by atoms with Gasteiger partial charge >= 0.3 is 0 Å². The molecular formula is C17H19ClN2O5S2. The Morgan fingerprint density at radius 1 is 1.19 bits per heavy atom. The Morgan fingerprint density at radius 3 is 2.59 bits per heavy atom. The van der Waals surface area contributed by atoms with Gasteiger partial charge in [0.05, 0.1) is 19.8 Å². The van der Waals surface area contributed by atoms with E-state index in [1.54, 1.807) is 36.4 Å². The molecule has 1 saturated heterocycles. The number of nitrogens with one attached hydrogen (secondary N) is 1. The Balaban J connectivity index is 1.50. The van der Waals surface area contributed by atoms with Gasteiger partial charge in [-0.1, -0.05) is 11.6 Å². The van der Waals surface area contributed by atoms with Crippen LogP contribution in [0.15, 0.2) is 40.6 Å². The summed E-state index contributed by atoms with van der Waals surface area (Å²) < 4.78 is 37.4. The van der Waals surface area contributed by atoms with E-state index >= 15 is 0 Å². The van der Waals surface area contributed by atoms with Crippen LogP contribution in [-0.4, -0.2) is 51.5 Å². The molecule has 1 aliphatic rings. The van der Waals surface area contributed by atoms with E-state index in [4.69, 9.17) is 21.1 Å². The van der Waals surface area contributed by atoms with Crippen LogP contribution in [0.25, 0.3) is 0 Å². The molecule has 146 valence electrons. The third-order valence-electron chi connectivity index (χ3n) is 3.84. The van der Waals surface area contributed by atoms with Gasteiger partial charge in [-0.05, 0) is 36.4 Å². The van der Waals surface area contributed by atoms with Crippen molar-refractivity contribution in [3.8, 4) is 5.75 Å². The van der Waals surface area contributed by atoms with Gasteiger partial charge in [0.25, 0.3) is 15.9 Å². The number of amides is 1. The normalized spacial score (nSPS) is 15.4. The Morgan fingerprint density at radius 2 is 1.89 bits per heavy atom. The highest BCUT2D eigenvalue weighted by Gasteiger charge is 2.27. The molecule has 3 rings (SSSR count). The first-order valence-corrected chi connectivity index (χ1v) is 10.9. The standard InChI is InChI=1S/C17H19ClN2O5S2/c18-13-1-3-14(4-2-13)25-12-16(21)19-11-15-5-6-17(26-15)27(22,23)20-7-9-24-10-8-20/h1-6H,7-12H2,(H,19,21). The Bertz CT molecular complexity index is 877. The zero-order chi connectivity index (χ0) is 19.3. The maximum atomic E-state index is 12.6. The first-order chi connectivity index (χ1) is 12.9. The topological polar surface area (TPSA) is 84.9 Å². The molecule has 10 heteroatoms. The van der Waals surface area contributed by atoms with Crippen LogP contribution < -0.4 is 10.1 Å². The molecular weight excluding hydrogens is 412 g/mol. The smallest absolute Gasteiger partial charge is 0.258 e. The van der Waals surface area contributed by atoms with Crippen molar-refractivity contribution >= 4 is 38.9 Å². The van der Waals surface area contributed by atoms with Gasteiger partial charge in [0, 0.05) is 23.0 Å². The molecule has 1 fully saturated rings.